The highest BCUT2D eigenvalue weighted by atomic mass is 35.5. The van der Waals surface area contributed by atoms with E-state index >= 15 is 0 Å². The van der Waals surface area contributed by atoms with E-state index < -0.39 is 0 Å². The van der Waals surface area contributed by atoms with Gasteiger partial charge in [-0.1, -0.05) is 11.6 Å². The molecule has 1 aromatic rings. The summed E-state index contributed by atoms with van der Waals surface area (Å²) in [5.74, 6) is 0.412. The number of methoxy groups -OCH3 is 1. The van der Waals surface area contributed by atoms with E-state index in [4.69, 9.17) is 16.3 Å². The Balaban J connectivity index is 2.12. The summed E-state index contributed by atoms with van der Waals surface area (Å²) in [6.07, 6.45) is 0.934. The Kier molecular flexibility index (Phi) is 4.02. The van der Waals surface area contributed by atoms with Crippen LogP contribution in [0.1, 0.15) is 30.6 Å². The van der Waals surface area contributed by atoms with Crippen LogP contribution in [0.5, 0.6) is 5.75 Å². The first-order chi connectivity index (χ1) is 8.94. The van der Waals surface area contributed by atoms with Gasteiger partial charge in [-0.05, 0) is 45.0 Å². The maximum Gasteiger partial charge on any atom is 0.251 e. The number of hydrogen-bond donors (Lipinski definition) is 2. The smallest absolute Gasteiger partial charge is 0.251 e. The number of carbonyl (C=O) groups is 1. The zero-order valence-corrected chi connectivity index (χ0v) is 12.2. The lowest BCUT2D eigenvalue weighted by Gasteiger charge is -2.27. The highest BCUT2D eigenvalue weighted by molar-refractivity contribution is 6.32. The van der Waals surface area contributed by atoms with Crippen molar-refractivity contribution in [1.29, 1.82) is 0 Å². The summed E-state index contributed by atoms with van der Waals surface area (Å²) in [5, 5.41) is 6.93. The Morgan fingerprint density at radius 3 is 2.84 bits per heavy atom. The summed E-state index contributed by atoms with van der Waals surface area (Å²) in [5.41, 5.74) is 0.482. The van der Waals surface area contributed by atoms with Crippen LogP contribution in [-0.2, 0) is 0 Å². The fraction of sp³-hybridized carbons (Fsp3) is 0.500. The largest absolute Gasteiger partial charge is 0.495 e. The molecule has 1 aliphatic heterocycles. The lowest BCUT2D eigenvalue weighted by atomic mass is 9.96. The average molecular weight is 283 g/mol. The van der Waals surface area contributed by atoms with Gasteiger partial charge in [-0.3, -0.25) is 4.79 Å². The number of rotatable bonds is 3. The van der Waals surface area contributed by atoms with Gasteiger partial charge >= 0.3 is 0 Å². The predicted octanol–water partition coefficient (Wildman–Crippen LogP) is 2.22. The fourth-order valence-corrected chi connectivity index (χ4v) is 2.51. The van der Waals surface area contributed by atoms with Gasteiger partial charge in [0.2, 0.25) is 0 Å². The Hall–Kier alpha value is -1.26. The number of hydrogen-bond acceptors (Lipinski definition) is 3. The van der Waals surface area contributed by atoms with Crippen LogP contribution >= 0.6 is 11.6 Å². The van der Waals surface area contributed by atoms with Gasteiger partial charge in [0, 0.05) is 17.1 Å². The second kappa shape index (κ2) is 5.39. The molecule has 0 radical (unpaired) electrons. The second-order valence-electron chi connectivity index (χ2n) is 5.31. The first kappa shape index (κ1) is 14.2. The molecule has 4 nitrogen and oxygen atoms in total. The van der Waals surface area contributed by atoms with Crippen LogP contribution in [0.25, 0.3) is 0 Å². The molecule has 2 N–H and O–H groups in total. The summed E-state index contributed by atoms with van der Waals surface area (Å²) in [4.78, 5) is 12.2. The number of ether oxygens (including phenoxy) is 1. The average Bonchev–Trinajstić information content (AvgIpc) is 2.69. The topological polar surface area (TPSA) is 50.4 Å². The van der Waals surface area contributed by atoms with E-state index in [9.17, 15) is 4.79 Å². The highest BCUT2D eigenvalue weighted by Gasteiger charge is 2.35. The minimum atomic E-state index is -0.100. The van der Waals surface area contributed by atoms with Crippen LogP contribution < -0.4 is 15.4 Å². The van der Waals surface area contributed by atoms with Gasteiger partial charge in [-0.2, -0.15) is 0 Å². The SMILES string of the molecule is COc1cc(C(=O)NC2CCNC2(C)C)ccc1Cl. The van der Waals surface area contributed by atoms with Gasteiger partial charge in [-0.25, -0.2) is 0 Å². The van der Waals surface area contributed by atoms with Gasteiger partial charge < -0.3 is 15.4 Å². The molecule has 0 bridgehead atoms. The summed E-state index contributed by atoms with van der Waals surface area (Å²) in [7, 11) is 1.53. The van der Waals surface area contributed by atoms with Crippen LogP contribution in [0.2, 0.25) is 5.02 Å². The van der Waals surface area contributed by atoms with Gasteiger partial charge in [0.25, 0.3) is 5.91 Å². The molecule has 1 unspecified atom stereocenters. The van der Waals surface area contributed by atoms with Gasteiger partial charge in [0.15, 0.2) is 0 Å². The van der Waals surface area contributed by atoms with Crippen LogP contribution in [0.4, 0.5) is 0 Å². The minimum absolute atomic E-state index is 0.0772. The predicted molar refractivity (Wildman–Crippen MR) is 76.0 cm³/mol. The Bertz CT molecular complexity index is 488. The van der Waals surface area contributed by atoms with Crippen molar-refractivity contribution in [1.82, 2.24) is 10.6 Å². The standard InChI is InChI=1S/C14H19ClN2O2/c1-14(2)12(6-7-16-14)17-13(18)9-4-5-10(15)11(8-9)19-3/h4-5,8,12,16H,6-7H2,1-3H3,(H,17,18). The van der Waals surface area contributed by atoms with E-state index in [0.717, 1.165) is 13.0 Å². The maximum atomic E-state index is 12.2. The van der Waals surface area contributed by atoms with Crippen LogP contribution in [-0.4, -0.2) is 31.1 Å². The third kappa shape index (κ3) is 3.01. The van der Waals surface area contributed by atoms with Crippen molar-refractivity contribution in [2.24, 2.45) is 0 Å². The lowest BCUT2D eigenvalue weighted by Crippen LogP contribution is -2.50. The van der Waals surface area contributed by atoms with Gasteiger partial charge in [0.05, 0.1) is 12.1 Å². The molecule has 1 amide bonds. The van der Waals surface area contributed by atoms with Gasteiger partial charge in [-0.15, -0.1) is 0 Å². The molecular formula is C14H19ClN2O2. The molecule has 0 saturated carbocycles. The second-order valence-corrected chi connectivity index (χ2v) is 5.72. The van der Waals surface area contributed by atoms with Crippen LogP contribution in [0.15, 0.2) is 18.2 Å². The normalized spacial score (nSPS) is 21.2. The molecule has 1 fully saturated rings. The van der Waals surface area contributed by atoms with Crippen molar-refractivity contribution in [2.45, 2.75) is 31.8 Å². The summed E-state index contributed by atoms with van der Waals surface area (Å²) in [6, 6.07) is 5.16. The third-order valence-corrected chi connectivity index (χ3v) is 3.92. The zero-order chi connectivity index (χ0) is 14.0. The number of carbonyl (C=O) groups excluding carboxylic acids is 1. The number of benzene rings is 1. The minimum Gasteiger partial charge on any atom is -0.495 e. The molecule has 0 spiro atoms. The van der Waals surface area contributed by atoms with Crippen molar-refractivity contribution >= 4 is 17.5 Å². The fourth-order valence-electron chi connectivity index (χ4n) is 2.32. The van der Waals surface area contributed by atoms with Crippen molar-refractivity contribution in [3.05, 3.63) is 28.8 Å². The van der Waals surface area contributed by atoms with Crippen molar-refractivity contribution in [3.8, 4) is 5.75 Å². The molecule has 0 aliphatic carbocycles. The zero-order valence-electron chi connectivity index (χ0n) is 11.4. The van der Waals surface area contributed by atoms with E-state index in [-0.39, 0.29) is 17.5 Å². The molecular weight excluding hydrogens is 264 g/mol. The lowest BCUT2D eigenvalue weighted by molar-refractivity contribution is 0.0923. The molecule has 1 saturated heterocycles. The molecule has 19 heavy (non-hydrogen) atoms. The van der Waals surface area contributed by atoms with Crippen molar-refractivity contribution in [3.63, 3.8) is 0 Å². The van der Waals surface area contributed by atoms with Crippen molar-refractivity contribution in [2.75, 3.05) is 13.7 Å². The quantitative estimate of drug-likeness (QED) is 0.894. The van der Waals surface area contributed by atoms with E-state index in [1.54, 1.807) is 18.2 Å². The molecule has 0 aromatic heterocycles. The highest BCUT2D eigenvalue weighted by Crippen LogP contribution is 2.25. The molecule has 1 aliphatic rings. The number of halogens is 1. The monoisotopic (exact) mass is 282 g/mol. The summed E-state index contributed by atoms with van der Waals surface area (Å²) >= 11 is 5.95. The summed E-state index contributed by atoms with van der Waals surface area (Å²) in [6.45, 7) is 5.10. The van der Waals surface area contributed by atoms with E-state index in [2.05, 4.69) is 24.5 Å². The third-order valence-electron chi connectivity index (χ3n) is 3.60. The molecule has 1 heterocycles. The van der Waals surface area contributed by atoms with Crippen LogP contribution in [0, 0.1) is 0 Å². The van der Waals surface area contributed by atoms with E-state index in [0.29, 0.717) is 16.3 Å². The first-order valence-electron chi connectivity index (χ1n) is 6.33. The molecule has 104 valence electrons. The molecule has 1 aromatic carbocycles. The van der Waals surface area contributed by atoms with Crippen LogP contribution in [0.3, 0.4) is 0 Å². The van der Waals surface area contributed by atoms with Gasteiger partial charge in [0.1, 0.15) is 5.75 Å². The Labute approximate surface area is 118 Å². The van der Waals surface area contributed by atoms with E-state index in [1.807, 2.05) is 0 Å². The molecule has 2 rings (SSSR count). The number of nitrogens with one attached hydrogen (secondary N) is 2. The number of amides is 1. The van der Waals surface area contributed by atoms with Crippen molar-refractivity contribution < 1.29 is 9.53 Å². The first-order valence-corrected chi connectivity index (χ1v) is 6.71. The Morgan fingerprint density at radius 1 is 1.53 bits per heavy atom. The molecule has 1 atom stereocenters. The Morgan fingerprint density at radius 2 is 2.26 bits per heavy atom. The van der Waals surface area contributed by atoms with E-state index in [1.165, 1.54) is 7.11 Å². The molecule has 5 heteroatoms. The maximum absolute atomic E-state index is 12.2. The summed E-state index contributed by atoms with van der Waals surface area (Å²) < 4.78 is 5.12.